The molecule has 0 heterocycles. The van der Waals surface area contributed by atoms with Gasteiger partial charge in [0, 0.05) is 7.05 Å². The molecule has 0 atom stereocenters. The summed E-state index contributed by atoms with van der Waals surface area (Å²) >= 11 is 0. The minimum atomic E-state index is 0.977. The Hall–Kier alpha value is -2.03. The van der Waals surface area contributed by atoms with Gasteiger partial charge in [-0.2, -0.15) is 5.10 Å². The second-order valence-corrected chi connectivity index (χ2v) is 3.25. The number of hydrazone groups is 1. The Morgan fingerprint density at radius 2 is 2.00 bits per heavy atom. The van der Waals surface area contributed by atoms with Gasteiger partial charge in [0.15, 0.2) is 0 Å². The minimum Gasteiger partial charge on any atom is -0.405 e. The fourth-order valence-electron chi connectivity index (χ4n) is 1.19. The fourth-order valence-corrected chi connectivity index (χ4v) is 1.19. The quantitative estimate of drug-likeness (QED) is 0.476. The summed E-state index contributed by atoms with van der Waals surface area (Å²) in [6.07, 6.45) is 7.04. The van der Waals surface area contributed by atoms with Crippen LogP contribution in [0.25, 0.3) is 0 Å². The molecule has 0 radical (unpaired) electrons. The molecule has 1 aromatic rings. The second kappa shape index (κ2) is 6.45. The maximum Gasteiger partial charge on any atom is 0.0590 e. The third-order valence-electron chi connectivity index (χ3n) is 2.13. The van der Waals surface area contributed by atoms with Crippen LogP contribution in [0.3, 0.4) is 0 Å². The van der Waals surface area contributed by atoms with Crippen molar-refractivity contribution in [2.75, 3.05) is 12.1 Å². The van der Waals surface area contributed by atoms with Crippen LogP contribution < -0.4 is 10.7 Å². The zero-order valence-corrected chi connectivity index (χ0v) is 9.67. The van der Waals surface area contributed by atoms with Crippen molar-refractivity contribution in [3.8, 4) is 0 Å². The molecule has 0 aliphatic carbocycles. The van der Waals surface area contributed by atoms with E-state index in [0.717, 1.165) is 11.3 Å². The van der Waals surface area contributed by atoms with E-state index < -0.39 is 0 Å². The lowest BCUT2D eigenvalue weighted by Gasteiger charge is -2.12. The third-order valence-corrected chi connectivity index (χ3v) is 2.13. The summed E-state index contributed by atoms with van der Waals surface area (Å²) < 4.78 is 0. The van der Waals surface area contributed by atoms with Gasteiger partial charge < -0.3 is 5.73 Å². The van der Waals surface area contributed by atoms with Crippen molar-refractivity contribution in [2.45, 2.75) is 6.92 Å². The summed E-state index contributed by atoms with van der Waals surface area (Å²) in [5.74, 6) is 0. The van der Waals surface area contributed by atoms with Crippen LogP contribution in [0.2, 0.25) is 0 Å². The van der Waals surface area contributed by atoms with Gasteiger partial charge in [0.25, 0.3) is 0 Å². The predicted octanol–water partition coefficient (Wildman–Crippen LogP) is 2.53. The van der Waals surface area contributed by atoms with Crippen molar-refractivity contribution in [1.29, 1.82) is 0 Å². The van der Waals surface area contributed by atoms with Crippen LogP contribution in [-0.2, 0) is 0 Å². The van der Waals surface area contributed by atoms with Gasteiger partial charge in [-0.05, 0) is 36.9 Å². The molecular formula is C13H17N3. The summed E-state index contributed by atoms with van der Waals surface area (Å²) in [5, 5.41) is 6.13. The van der Waals surface area contributed by atoms with Crippen molar-refractivity contribution < 1.29 is 0 Å². The van der Waals surface area contributed by atoms with Gasteiger partial charge in [-0.3, -0.25) is 5.01 Å². The number of rotatable bonds is 4. The molecule has 84 valence electrons. The van der Waals surface area contributed by atoms with E-state index in [1.165, 1.54) is 6.20 Å². The molecule has 0 saturated heterocycles. The van der Waals surface area contributed by atoms with Gasteiger partial charge in [-0.25, -0.2) is 0 Å². The zero-order chi connectivity index (χ0) is 11.8. The molecule has 0 bridgehead atoms. The monoisotopic (exact) mass is 215 g/mol. The molecule has 0 saturated carbocycles. The SMILES string of the molecule is C/C=C(\C=C/N)/C=N/N(C)c1ccccc1. The highest BCUT2D eigenvalue weighted by Gasteiger charge is 1.94. The van der Waals surface area contributed by atoms with Crippen molar-refractivity contribution in [3.63, 3.8) is 0 Å². The van der Waals surface area contributed by atoms with Crippen LogP contribution in [0.5, 0.6) is 0 Å². The Bertz CT molecular complexity index is 391. The molecule has 0 fully saturated rings. The normalized spacial score (nSPS) is 12.5. The van der Waals surface area contributed by atoms with Gasteiger partial charge in [0.05, 0.1) is 11.9 Å². The minimum absolute atomic E-state index is 0.977. The first kappa shape index (κ1) is 12.0. The maximum absolute atomic E-state index is 5.33. The summed E-state index contributed by atoms with van der Waals surface area (Å²) in [6, 6.07) is 9.96. The number of allylic oxidation sites excluding steroid dienone is 3. The molecule has 0 spiro atoms. The van der Waals surface area contributed by atoms with Crippen LogP contribution >= 0.6 is 0 Å². The van der Waals surface area contributed by atoms with Crippen molar-refractivity contribution in [2.24, 2.45) is 10.8 Å². The molecule has 0 aromatic heterocycles. The number of anilines is 1. The lowest BCUT2D eigenvalue weighted by atomic mass is 10.3. The number of hydrogen-bond donors (Lipinski definition) is 1. The van der Waals surface area contributed by atoms with Crippen LogP contribution in [0.4, 0.5) is 5.69 Å². The average molecular weight is 215 g/mol. The lowest BCUT2D eigenvalue weighted by molar-refractivity contribution is 1.02. The predicted molar refractivity (Wildman–Crippen MR) is 70.4 cm³/mol. The Morgan fingerprint density at radius 3 is 2.56 bits per heavy atom. The molecule has 3 heteroatoms. The molecule has 1 aromatic carbocycles. The standard InChI is InChI=1S/C13H17N3/c1-3-12(9-10-14)11-15-16(2)13-7-5-4-6-8-13/h3-11H,14H2,1-2H3/b10-9-,12-3+,15-11+. The van der Waals surface area contributed by atoms with Crippen molar-refractivity contribution >= 4 is 11.9 Å². The highest BCUT2D eigenvalue weighted by Crippen LogP contribution is 2.10. The van der Waals surface area contributed by atoms with Gasteiger partial charge in [0.1, 0.15) is 0 Å². The van der Waals surface area contributed by atoms with E-state index in [4.69, 9.17) is 5.73 Å². The average Bonchev–Trinajstić information content (AvgIpc) is 2.35. The number of para-hydroxylation sites is 1. The summed E-state index contributed by atoms with van der Waals surface area (Å²) in [4.78, 5) is 0. The Labute approximate surface area is 96.6 Å². The van der Waals surface area contributed by atoms with Crippen molar-refractivity contribution in [3.05, 3.63) is 54.3 Å². The first-order chi connectivity index (χ1) is 7.77. The summed E-state index contributed by atoms with van der Waals surface area (Å²) in [6.45, 7) is 1.95. The highest BCUT2D eigenvalue weighted by atomic mass is 15.4. The van der Waals surface area contributed by atoms with Gasteiger partial charge in [0.2, 0.25) is 0 Å². The van der Waals surface area contributed by atoms with Crippen LogP contribution in [0.1, 0.15) is 6.92 Å². The maximum atomic E-state index is 5.33. The topological polar surface area (TPSA) is 41.6 Å². The number of nitrogens with two attached hydrogens (primary N) is 1. The Kier molecular flexibility index (Phi) is 4.86. The Morgan fingerprint density at radius 1 is 1.31 bits per heavy atom. The largest absolute Gasteiger partial charge is 0.405 e. The van der Waals surface area contributed by atoms with E-state index in [0.29, 0.717) is 0 Å². The molecule has 16 heavy (non-hydrogen) atoms. The molecule has 1 rings (SSSR count). The number of benzene rings is 1. The second-order valence-electron chi connectivity index (χ2n) is 3.25. The molecule has 0 aliphatic heterocycles. The number of hydrogen-bond acceptors (Lipinski definition) is 3. The van der Waals surface area contributed by atoms with E-state index >= 15 is 0 Å². The highest BCUT2D eigenvalue weighted by molar-refractivity contribution is 5.82. The van der Waals surface area contributed by atoms with E-state index in [1.54, 1.807) is 6.21 Å². The molecule has 3 nitrogen and oxygen atoms in total. The van der Waals surface area contributed by atoms with Crippen LogP contribution in [-0.4, -0.2) is 13.3 Å². The van der Waals surface area contributed by atoms with Crippen molar-refractivity contribution in [1.82, 2.24) is 0 Å². The van der Waals surface area contributed by atoms with E-state index in [1.807, 2.05) is 61.5 Å². The first-order valence-electron chi connectivity index (χ1n) is 5.15. The summed E-state index contributed by atoms with van der Waals surface area (Å²) in [5.41, 5.74) is 7.35. The van der Waals surface area contributed by atoms with Crippen LogP contribution in [0, 0.1) is 0 Å². The van der Waals surface area contributed by atoms with E-state index in [2.05, 4.69) is 5.10 Å². The Balaban J connectivity index is 2.71. The van der Waals surface area contributed by atoms with E-state index in [9.17, 15) is 0 Å². The molecule has 0 amide bonds. The number of nitrogens with zero attached hydrogens (tertiary/aromatic N) is 2. The van der Waals surface area contributed by atoms with Gasteiger partial charge in [-0.15, -0.1) is 0 Å². The third kappa shape index (κ3) is 3.61. The lowest BCUT2D eigenvalue weighted by Crippen LogP contribution is -2.08. The molecule has 0 unspecified atom stereocenters. The smallest absolute Gasteiger partial charge is 0.0590 e. The van der Waals surface area contributed by atoms with Gasteiger partial charge >= 0.3 is 0 Å². The van der Waals surface area contributed by atoms with Crippen LogP contribution in [0.15, 0.2) is 59.4 Å². The summed E-state index contributed by atoms with van der Waals surface area (Å²) in [7, 11) is 1.91. The zero-order valence-electron chi connectivity index (χ0n) is 9.67. The fraction of sp³-hybridized carbons (Fsp3) is 0.154. The van der Waals surface area contributed by atoms with Gasteiger partial charge in [-0.1, -0.05) is 24.3 Å². The van der Waals surface area contributed by atoms with E-state index in [-0.39, 0.29) is 0 Å². The molecular weight excluding hydrogens is 198 g/mol. The molecule has 2 N–H and O–H groups in total. The molecule has 0 aliphatic rings. The first-order valence-corrected chi connectivity index (χ1v) is 5.15.